The molecule has 1 aliphatic carbocycles. The highest BCUT2D eigenvalue weighted by Crippen LogP contribution is 2.40. The van der Waals surface area contributed by atoms with Gasteiger partial charge in [-0.1, -0.05) is 17.7 Å². The summed E-state index contributed by atoms with van der Waals surface area (Å²) in [4.78, 5) is 4.83. The smallest absolute Gasteiger partial charge is 0.162 e. The number of methoxy groups -OCH3 is 2. The van der Waals surface area contributed by atoms with Gasteiger partial charge >= 0.3 is 0 Å². The molecule has 0 bridgehead atoms. The van der Waals surface area contributed by atoms with E-state index in [4.69, 9.17) is 26.1 Å². The predicted octanol–water partition coefficient (Wildman–Crippen LogP) is 4.48. The van der Waals surface area contributed by atoms with Crippen LogP contribution in [0.15, 0.2) is 36.4 Å². The van der Waals surface area contributed by atoms with Crippen molar-refractivity contribution in [1.29, 1.82) is 0 Å². The summed E-state index contributed by atoms with van der Waals surface area (Å²) >= 11 is 6.10. The average Bonchev–Trinajstić information content (AvgIpc) is 2.87. The highest BCUT2D eigenvalue weighted by Gasteiger charge is 2.21. The Hall–Kier alpha value is -2.26. The summed E-state index contributed by atoms with van der Waals surface area (Å²) in [5, 5.41) is 1.81. The standard InChI is InChI=1S/C18H14ClNO2/c1-21-16-8-11-6-12-5-10-7-13(19)3-4-14(10)18(12)20-15(11)9-17(16)22-2/h3-4,6-9H,5H2,1-2H3. The molecule has 1 heterocycles. The third-order valence-corrected chi connectivity index (χ3v) is 4.34. The number of rotatable bonds is 2. The monoisotopic (exact) mass is 311 g/mol. The van der Waals surface area contributed by atoms with Gasteiger partial charge in [0.1, 0.15) is 0 Å². The molecule has 22 heavy (non-hydrogen) atoms. The van der Waals surface area contributed by atoms with Crippen LogP contribution in [0.1, 0.15) is 11.1 Å². The molecule has 2 aromatic carbocycles. The first-order chi connectivity index (χ1) is 10.7. The van der Waals surface area contributed by atoms with Gasteiger partial charge in [-0.3, -0.25) is 0 Å². The topological polar surface area (TPSA) is 31.4 Å². The van der Waals surface area contributed by atoms with Crippen molar-refractivity contribution in [1.82, 2.24) is 4.98 Å². The highest BCUT2D eigenvalue weighted by atomic mass is 35.5. The van der Waals surface area contributed by atoms with Crippen LogP contribution in [0.4, 0.5) is 0 Å². The molecule has 0 spiro atoms. The fourth-order valence-electron chi connectivity index (χ4n) is 3.06. The molecule has 0 N–H and O–H groups in total. The summed E-state index contributed by atoms with van der Waals surface area (Å²) in [6.45, 7) is 0. The fourth-order valence-corrected chi connectivity index (χ4v) is 3.25. The lowest BCUT2D eigenvalue weighted by atomic mass is 10.1. The quantitative estimate of drug-likeness (QED) is 0.547. The van der Waals surface area contributed by atoms with Gasteiger partial charge in [0.25, 0.3) is 0 Å². The number of benzene rings is 2. The van der Waals surface area contributed by atoms with E-state index in [0.717, 1.165) is 39.4 Å². The molecule has 110 valence electrons. The van der Waals surface area contributed by atoms with Gasteiger partial charge in [0.2, 0.25) is 0 Å². The molecular weight excluding hydrogens is 298 g/mol. The number of hydrogen-bond acceptors (Lipinski definition) is 3. The minimum atomic E-state index is 0.691. The van der Waals surface area contributed by atoms with Crippen molar-refractivity contribution in [3.05, 3.63) is 52.5 Å². The molecule has 0 aliphatic heterocycles. The molecule has 0 unspecified atom stereocenters. The normalized spacial score (nSPS) is 12.1. The molecule has 3 aromatic rings. The summed E-state index contributed by atoms with van der Waals surface area (Å²) in [5.74, 6) is 1.41. The van der Waals surface area contributed by atoms with Gasteiger partial charge in [-0.05, 0) is 35.4 Å². The molecule has 3 nitrogen and oxygen atoms in total. The number of nitrogens with zero attached hydrogens (tertiary/aromatic N) is 1. The predicted molar refractivity (Wildman–Crippen MR) is 88.1 cm³/mol. The maximum atomic E-state index is 6.10. The maximum absolute atomic E-state index is 6.10. The zero-order valence-corrected chi connectivity index (χ0v) is 13.1. The van der Waals surface area contributed by atoms with Gasteiger partial charge in [-0.25, -0.2) is 4.98 Å². The summed E-state index contributed by atoms with van der Waals surface area (Å²) in [7, 11) is 3.27. The lowest BCUT2D eigenvalue weighted by molar-refractivity contribution is 0.356. The van der Waals surface area contributed by atoms with E-state index >= 15 is 0 Å². The van der Waals surface area contributed by atoms with Gasteiger partial charge in [-0.15, -0.1) is 0 Å². The lowest BCUT2D eigenvalue weighted by Gasteiger charge is -2.10. The minimum absolute atomic E-state index is 0.691. The van der Waals surface area contributed by atoms with Gasteiger partial charge in [0.05, 0.1) is 25.4 Å². The van der Waals surface area contributed by atoms with Gasteiger partial charge in [-0.2, -0.15) is 0 Å². The van der Waals surface area contributed by atoms with Gasteiger partial charge in [0.15, 0.2) is 11.5 Å². The average molecular weight is 312 g/mol. The Morgan fingerprint density at radius 1 is 0.955 bits per heavy atom. The SMILES string of the molecule is COc1cc2cc3c(nc2cc1OC)-c1ccc(Cl)cc1C3. The Morgan fingerprint density at radius 2 is 1.73 bits per heavy atom. The van der Waals surface area contributed by atoms with Crippen molar-refractivity contribution in [3.8, 4) is 22.8 Å². The Morgan fingerprint density at radius 3 is 2.50 bits per heavy atom. The van der Waals surface area contributed by atoms with Crippen molar-refractivity contribution in [3.63, 3.8) is 0 Å². The minimum Gasteiger partial charge on any atom is -0.493 e. The van der Waals surface area contributed by atoms with E-state index in [1.807, 2.05) is 30.3 Å². The summed E-state index contributed by atoms with van der Waals surface area (Å²) in [5.41, 5.74) is 5.54. The number of aromatic nitrogens is 1. The fraction of sp³-hybridized carbons (Fsp3) is 0.167. The van der Waals surface area contributed by atoms with E-state index in [0.29, 0.717) is 5.75 Å². The summed E-state index contributed by atoms with van der Waals surface area (Å²) < 4.78 is 10.7. The molecule has 0 saturated heterocycles. The zero-order chi connectivity index (χ0) is 15.3. The van der Waals surface area contributed by atoms with Crippen molar-refractivity contribution in [2.75, 3.05) is 14.2 Å². The first-order valence-electron chi connectivity index (χ1n) is 7.04. The number of hydrogen-bond donors (Lipinski definition) is 0. The van der Waals surface area contributed by atoms with Crippen LogP contribution in [-0.4, -0.2) is 19.2 Å². The van der Waals surface area contributed by atoms with Crippen LogP contribution >= 0.6 is 11.6 Å². The zero-order valence-electron chi connectivity index (χ0n) is 12.3. The van der Waals surface area contributed by atoms with E-state index in [1.165, 1.54) is 11.1 Å². The van der Waals surface area contributed by atoms with Crippen LogP contribution in [0.3, 0.4) is 0 Å². The largest absolute Gasteiger partial charge is 0.493 e. The van der Waals surface area contributed by atoms with E-state index in [2.05, 4.69) is 6.07 Å². The molecule has 0 saturated carbocycles. The third-order valence-electron chi connectivity index (χ3n) is 4.10. The molecule has 1 aliphatic rings. The Balaban J connectivity index is 1.95. The van der Waals surface area contributed by atoms with Crippen molar-refractivity contribution in [2.24, 2.45) is 0 Å². The molecule has 0 amide bonds. The number of pyridine rings is 1. The second-order valence-electron chi connectivity index (χ2n) is 5.37. The Labute approximate surface area is 133 Å². The van der Waals surface area contributed by atoms with Crippen molar-refractivity contribution in [2.45, 2.75) is 6.42 Å². The van der Waals surface area contributed by atoms with Crippen LogP contribution in [0.2, 0.25) is 5.02 Å². The van der Waals surface area contributed by atoms with Crippen LogP contribution in [0.25, 0.3) is 22.2 Å². The van der Waals surface area contributed by atoms with E-state index in [-0.39, 0.29) is 0 Å². The Bertz CT molecular complexity index is 905. The molecule has 0 fully saturated rings. The number of ether oxygens (including phenoxy) is 2. The van der Waals surface area contributed by atoms with Gasteiger partial charge in [0, 0.05) is 28.5 Å². The molecule has 0 atom stereocenters. The lowest BCUT2D eigenvalue weighted by Crippen LogP contribution is -1.93. The first-order valence-corrected chi connectivity index (χ1v) is 7.42. The molecule has 1 aromatic heterocycles. The first kappa shape index (κ1) is 13.4. The third kappa shape index (κ3) is 1.93. The van der Waals surface area contributed by atoms with Crippen LogP contribution in [0.5, 0.6) is 11.5 Å². The summed E-state index contributed by atoms with van der Waals surface area (Å²) in [6, 6.07) is 12.0. The molecule has 4 heteroatoms. The second kappa shape index (κ2) is 4.89. The van der Waals surface area contributed by atoms with Crippen molar-refractivity contribution >= 4 is 22.5 Å². The van der Waals surface area contributed by atoms with Crippen LogP contribution in [-0.2, 0) is 6.42 Å². The maximum Gasteiger partial charge on any atom is 0.162 e. The summed E-state index contributed by atoms with van der Waals surface area (Å²) in [6.07, 6.45) is 0.864. The Kier molecular flexibility index (Phi) is 2.98. The second-order valence-corrected chi connectivity index (χ2v) is 5.81. The van der Waals surface area contributed by atoms with Crippen molar-refractivity contribution < 1.29 is 9.47 Å². The van der Waals surface area contributed by atoms with Crippen LogP contribution in [0, 0.1) is 0 Å². The van der Waals surface area contributed by atoms with E-state index < -0.39 is 0 Å². The molecular formula is C18H14ClNO2. The number of halogens is 1. The van der Waals surface area contributed by atoms with Crippen LogP contribution < -0.4 is 9.47 Å². The van der Waals surface area contributed by atoms with E-state index in [1.54, 1.807) is 14.2 Å². The van der Waals surface area contributed by atoms with E-state index in [9.17, 15) is 0 Å². The number of fused-ring (bicyclic) bond motifs is 4. The van der Waals surface area contributed by atoms with Gasteiger partial charge < -0.3 is 9.47 Å². The molecule has 0 radical (unpaired) electrons. The highest BCUT2D eigenvalue weighted by molar-refractivity contribution is 6.30. The molecule has 4 rings (SSSR count).